The second kappa shape index (κ2) is 16.7. The van der Waals surface area contributed by atoms with Crippen molar-refractivity contribution in [3.8, 4) is 11.3 Å². The molecule has 3 aromatic carbocycles. The van der Waals surface area contributed by atoms with E-state index in [0.29, 0.717) is 31.3 Å². The van der Waals surface area contributed by atoms with Gasteiger partial charge >= 0.3 is 6.09 Å². The van der Waals surface area contributed by atoms with Gasteiger partial charge in [-0.05, 0) is 75.4 Å². The number of hydrogen-bond donors (Lipinski definition) is 1. The standard InChI is InChI=1S/C37H41Cl2N5O4S2/c1-24(45)44(28-15-17-42(18-16-28)22-26-13-14-30(38)31(39)19-26)50-35-41-33(23-49-35)27-11-8-12-29(21-27)43(36(47)48-37(2,3)4)34(46)32(40)20-25-9-6-5-7-10-25/h5-14,19,21,23,28,32H,15-18,20,22,40H2,1-4H3/t32-/m1/s1. The van der Waals surface area contributed by atoms with E-state index >= 15 is 0 Å². The number of ether oxygens (including phenoxy) is 1. The lowest BCUT2D eigenvalue weighted by molar-refractivity contribution is -0.126. The summed E-state index contributed by atoms with van der Waals surface area (Å²) in [5.74, 6) is -0.607. The quantitative estimate of drug-likeness (QED) is 0.161. The van der Waals surface area contributed by atoms with Crippen LogP contribution >= 0.6 is 46.5 Å². The molecule has 1 saturated heterocycles. The van der Waals surface area contributed by atoms with E-state index in [1.54, 1.807) is 45.9 Å². The number of aromatic nitrogens is 1. The van der Waals surface area contributed by atoms with E-state index in [2.05, 4.69) is 4.90 Å². The van der Waals surface area contributed by atoms with Crippen LogP contribution in [0.4, 0.5) is 10.5 Å². The van der Waals surface area contributed by atoms with Crippen molar-refractivity contribution in [3.63, 3.8) is 0 Å². The molecule has 3 amide bonds. The number of thiazole rings is 1. The number of benzene rings is 3. The smallest absolute Gasteiger partial charge is 0.421 e. The van der Waals surface area contributed by atoms with Crippen molar-refractivity contribution in [2.24, 2.45) is 5.73 Å². The maximum atomic E-state index is 13.7. The van der Waals surface area contributed by atoms with Crippen LogP contribution in [-0.4, -0.2) is 62.9 Å². The van der Waals surface area contributed by atoms with E-state index in [-0.39, 0.29) is 18.4 Å². The maximum Gasteiger partial charge on any atom is 0.421 e. The third-order valence-corrected chi connectivity index (χ3v) is 10.9. The Morgan fingerprint density at radius 2 is 1.72 bits per heavy atom. The average Bonchev–Trinajstić information content (AvgIpc) is 3.54. The normalized spacial score (nSPS) is 14.6. The Morgan fingerprint density at radius 1 is 1.00 bits per heavy atom. The van der Waals surface area contributed by atoms with Gasteiger partial charge in [0.1, 0.15) is 5.60 Å². The molecule has 1 aliphatic rings. The molecule has 1 aromatic heterocycles. The zero-order valence-corrected chi connectivity index (χ0v) is 31.6. The molecule has 0 radical (unpaired) electrons. The van der Waals surface area contributed by atoms with E-state index in [4.69, 9.17) is 38.7 Å². The van der Waals surface area contributed by atoms with Gasteiger partial charge in [-0.25, -0.2) is 14.7 Å². The molecular weight excluding hydrogens is 713 g/mol. The van der Waals surface area contributed by atoms with Crippen molar-refractivity contribution in [3.05, 3.63) is 99.3 Å². The molecule has 1 atom stereocenters. The summed E-state index contributed by atoms with van der Waals surface area (Å²) in [6, 6.07) is 21.2. The first-order valence-corrected chi connectivity index (χ1v) is 18.7. The molecule has 2 N–H and O–H groups in total. The summed E-state index contributed by atoms with van der Waals surface area (Å²) < 4.78 is 8.18. The van der Waals surface area contributed by atoms with Gasteiger partial charge in [-0.2, -0.15) is 0 Å². The number of halogens is 2. The first-order chi connectivity index (χ1) is 23.8. The molecule has 0 bridgehead atoms. The van der Waals surface area contributed by atoms with Gasteiger partial charge in [0.15, 0.2) is 4.34 Å². The fraction of sp³-hybridized carbons (Fsp3) is 0.351. The van der Waals surface area contributed by atoms with Crippen LogP contribution in [0.2, 0.25) is 10.0 Å². The lowest BCUT2D eigenvalue weighted by Crippen LogP contribution is -2.49. The molecule has 2 heterocycles. The van der Waals surface area contributed by atoms with E-state index in [1.807, 2.05) is 64.3 Å². The zero-order chi connectivity index (χ0) is 36.0. The number of imide groups is 1. The van der Waals surface area contributed by atoms with Crippen LogP contribution in [0.5, 0.6) is 0 Å². The first kappa shape index (κ1) is 37.8. The predicted octanol–water partition coefficient (Wildman–Crippen LogP) is 8.48. The number of amides is 3. The van der Waals surface area contributed by atoms with Crippen molar-refractivity contribution in [2.45, 2.75) is 75.5 Å². The first-order valence-electron chi connectivity index (χ1n) is 16.3. The van der Waals surface area contributed by atoms with Crippen LogP contribution in [0, 0.1) is 0 Å². The summed E-state index contributed by atoms with van der Waals surface area (Å²) in [5, 5.41) is 2.99. The number of carbonyl (C=O) groups is 3. The van der Waals surface area contributed by atoms with Crippen molar-refractivity contribution >= 4 is 70.1 Å². The topological polar surface area (TPSA) is 109 Å². The summed E-state index contributed by atoms with van der Waals surface area (Å²) in [5.41, 5.74) is 9.20. The summed E-state index contributed by atoms with van der Waals surface area (Å²) in [6.07, 6.45) is 1.11. The molecule has 264 valence electrons. The molecule has 0 saturated carbocycles. The summed E-state index contributed by atoms with van der Waals surface area (Å²) >= 11 is 15.1. The Hall–Kier alpha value is -3.45. The molecule has 1 fully saturated rings. The minimum Gasteiger partial charge on any atom is -0.443 e. The Labute approximate surface area is 311 Å². The highest BCUT2D eigenvalue weighted by molar-refractivity contribution is 7.99. The largest absolute Gasteiger partial charge is 0.443 e. The highest BCUT2D eigenvalue weighted by Gasteiger charge is 2.33. The SMILES string of the molecule is CC(=O)N(Sc1nc(-c2cccc(N(C(=O)OC(C)(C)C)C(=O)[C@H](N)Cc3ccccc3)c2)cs1)C1CCN(Cc2ccc(Cl)c(Cl)c2)CC1. The van der Waals surface area contributed by atoms with Crippen LogP contribution in [0.1, 0.15) is 51.7 Å². The van der Waals surface area contributed by atoms with Gasteiger partial charge in [0.2, 0.25) is 5.91 Å². The number of hydrogen-bond acceptors (Lipinski definition) is 9. The number of rotatable bonds is 10. The van der Waals surface area contributed by atoms with Gasteiger partial charge in [-0.1, -0.05) is 71.7 Å². The molecule has 0 aliphatic carbocycles. The van der Waals surface area contributed by atoms with Gasteiger partial charge in [0.05, 0.1) is 27.5 Å². The summed E-state index contributed by atoms with van der Waals surface area (Å²) in [4.78, 5) is 48.2. The molecule has 0 unspecified atom stereocenters. The van der Waals surface area contributed by atoms with Gasteiger partial charge in [0, 0.05) is 55.5 Å². The molecule has 4 aromatic rings. The monoisotopic (exact) mass is 753 g/mol. The Balaban J connectivity index is 1.29. The molecule has 9 nitrogen and oxygen atoms in total. The molecule has 50 heavy (non-hydrogen) atoms. The number of carbonyl (C=O) groups excluding carboxylic acids is 3. The minimum atomic E-state index is -0.976. The van der Waals surface area contributed by atoms with Crippen LogP contribution in [0.25, 0.3) is 11.3 Å². The fourth-order valence-electron chi connectivity index (χ4n) is 5.68. The number of anilines is 1. The Bertz CT molecular complexity index is 1810. The highest BCUT2D eigenvalue weighted by atomic mass is 35.5. The van der Waals surface area contributed by atoms with E-state index in [9.17, 15) is 14.4 Å². The number of nitrogens with two attached hydrogens (primary N) is 1. The van der Waals surface area contributed by atoms with Crippen molar-refractivity contribution in [2.75, 3.05) is 18.0 Å². The van der Waals surface area contributed by atoms with Crippen molar-refractivity contribution < 1.29 is 19.1 Å². The summed E-state index contributed by atoms with van der Waals surface area (Å²) in [7, 11) is 0. The third-order valence-electron chi connectivity index (χ3n) is 8.06. The molecule has 13 heteroatoms. The second-order valence-corrected chi connectivity index (χ2v) is 16.1. The lowest BCUT2D eigenvalue weighted by Gasteiger charge is -2.37. The van der Waals surface area contributed by atoms with Crippen molar-refractivity contribution in [1.82, 2.24) is 14.2 Å². The highest BCUT2D eigenvalue weighted by Crippen LogP contribution is 2.35. The molecule has 1 aliphatic heterocycles. The average molecular weight is 755 g/mol. The molecular formula is C37H41Cl2N5O4S2. The van der Waals surface area contributed by atoms with Crippen molar-refractivity contribution in [1.29, 1.82) is 0 Å². The number of piperidine rings is 1. The Kier molecular flexibility index (Phi) is 12.6. The number of nitrogens with zero attached hydrogens (tertiary/aromatic N) is 4. The van der Waals surface area contributed by atoms with E-state index in [0.717, 1.165) is 48.5 Å². The van der Waals surface area contributed by atoms with Crippen LogP contribution in [0.15, 0.2) is 82.5 Å². The predicted molar refractivity (Wildman–Crippen MR) is 203 cm³/mol. The second-order valence-electron chi connectivity index (χ2n) is 13.2. The van der Waals surface area contributed by atoms with Gasteiger partial charge in [0.25, 0.3) is 5.91 Å². The Morgan fingerprint density at radius 3 is 2.38 bits per heavy atom. The van der Waals surface area contributed by atoms with Crippen LogP contribution in [-0.2, 0) is 27.3 Å². The lowest BCUT2D eigenvalue weighted by atomic mass is 10.0. The number of likely N-dealkylation sites (tertiary alicyclic amines) is 1. The van der Waals surface area contributed by atoms with E-state index < -0.39 is 23.6 Å². The van der Waals surface area contributed by atoms with Gasteiger partial charge in [-0.3, -0.25) is 18.8 Å². The fourth-order valence-corrected chi connectivity index (χ4v) is 7.90. The maximum absolute atomic E-state index is 13.7. The summed E-state index contributed by atoms with van der Waals surface area (Å²) in [6.45, 7) is 9.26. The van der Waals surface area contributed by atoms with Gasteiger partial charge in [-0.15, -0.1) is 11.3 Å². The molecule has 0 spiro atoms. The molecule has 5 rings (SSSR count). The van der Waals surface area contributed by atoms with Gasteiger partial charge < -0.3 is 10.5 Å². The van der Waals surface area contributed by atoms with Crippen LogP contribution < -0.4 is 10.6 Å². The third kappa shape index (κ3) is 10.1. The minimum absolute atomic E-state index is 0.0324. The van der Waals surface area contributed by atoms with E-state index in [1.165, 1.54) is 23.3 Å². The van der Waals surface area contributed by atoms with Crippen LogP contribution in [0.3, 0.4) is 0 Å². The zero-order valence-electron chi connectivity index (χ0n) is 28.5.